The molecular weight excluding hydrogens is 487 g/mol. The minimum atomic E-state index is -1.77. The van der Waals surface area contributed by atoms with Gasteiger partial charge in [-0.1, -0.05) is 60.7 Å². The highest BCUT2D eigenvalue weighted by atomic mass is 32.1. The lowest BCUT2D eigenvalue weighted by molar-refractivity contribution is 0.851. The van der Waals surface area contributed by atoms with Crippen LogP contribution in [0.15, 0.2) is 109 Å². The van der Waals surface area contributed by atoms with Crippen molar-refractivity contribution >= 4 is 41.9 Å². The molecule has 37 heavy (non-hydrogen) atoms. The number of nitrogens with zero attached hydrogens (tertiary/aromatic N) is 2. The van der Waals surface area contributed by atoms with Crippen molar-refractivity contribution in [1.29, 1.82) is 0 Å². The van der Waals surface area contributed by atoms with E-state index in [9.17, 15) is 0 Å². The van der Waals surface area contributed by atoms with E-state index in [1.165, 1.54) is 46.0 Å². The molecule has 0 aromatic heterocycles. The molecule has 0 atom stereocenters. The Balaban J connectivity index is 1.72. The average Bonchev–Trinajstić information content (AvgIpc) is 3.79. The molecule has 0 N–H and O–H groups in total. The van der Waals surface area contributed by atoms with Crippen LogP contribution < -0.4 is 20.4 Å². The third kappa shape index (κ3) is 5.05. The number of anilines is 2. The Hall–Kier alpha value is -2.74. The molecule has 1 aliphatic carbocycles. The van der Waals surface area contributed by atoms with Gasteiger partial charge in [-0.15, -0.1) is 0 Å². The molecule has 2 nitrogen and oxygen atoms in total. The van der Waals surface area contributed by atoms with Crippen molar-refractivity contribution in [1.82, 2.24) is 0 Å². The highest BCUT2D eigenvalue weighted by Gasteiger charge is 2.59. The quantitative estimate of drug-likeness (QED) is 0.189. The fraction of sp³-hybridized carbons (Fsp3) is 0.273. The fourth-order valence-electron chi connectivity index (χ4n) is 5.57. The van der Waals surface area contributed by atoms with Crippen molar-refractivity contribution < 1.29 is 0 Å². The van der Waals surface area contributed by atoms with Crippen molar-refractivity contribution in [2.75, 3.05) is 44.2 Å². The van der Waals surface area contributed by atoms with E-state index in [0.717, 1.165) is 6.16 Å². The van der Waals surface area contributed by atoms with Crippen LogP contribution in [0.1, 0.15) is 24.0 Å². The second-order valence-corrected chi connectivity index (χ2v) is 15.3. The Morgan fingerprint density at radius 3 is 1.32 bits per heavy atom. The van der Waals surface area contributed by atoms with Crippen LogP contribution in [0.25, 0.3) is 0 Å². The van der Waals surface area contributed by atoms with Crippen LogP contribution >= 0.6 is 19.9 Å². The number of rotatable bonds is 9. The summed E-state index contributed by atoms with van der Waals surface area (Å²) in [5.74, 6) is 0. The van der Waals surface area contributed by atoms with Crippen molar-refractivity contribution in [3.05, 3.63) is 120 Å². The molecule has 5 rings (SSSR count). The molecule has 0 aliphatic heterocycles. The normalized spacial score (nSPS) is 13.9. The first-order valence-corrected chi connectivity index (χ1v) is 15.6. The van der Waals surface area contributed by atoms with E-state index in [1.807, 2.05) is 0 Å². The first kappa shape index (κ1) is 25.9. The molecule has 190 valence electrons. The SMILES string of the molecule is CN(C)c1ccc(C(S)(C[P+](c2ccccc2)(c2ccccc2)C2CC2)c2ccc(N(C)C)cc2)cc1. The Morgan fingerprint density at radius 2 is 1.00 bits per heavy atom. The van der Waals surface area contributed by atoms with Gasteiger partial charge in [-0.05, 0) is 72.5 Å². The van der Waals surface area contributed by atoms with E-state index >= 15 is 0 Å². The summed E-state index contributed by atoms with van der Waals surface area (Å²) in [6.45, 7) is 0. The molecule has 4 heteroatoms. The third-order valence-corrected chi connectivity index (χ3v) is 13.9. The minimum Gasteiger partial charge on any atom is -0.378 e. The maximum Gasteiger partial charge on any atom is 0.0995 e. The average molecular weight is 526 g/mol. The molecule has 0 unspecified atom stereocenters. The topological polar surface area (TPSA) is 6.48 Å². The maximum atomic E-state index is 5.69. The van der Waals surface area contributed by atoms with Gasteiger partial charge in [0.15, 0.2) is 0 Å². The van der Waals surface area contributed by atoms with Gasteiger partial charge in [0, 0.05) is 39.6 Å². The van der Waals surface area contributed by atoms with Crippen molar-refractivity contribution in [3.8, 4) is 0 Å². The minimum absolute atomic E-state index is 0.433. The second kappa shape index (κ2) is 10.6. The largest absolute Gasteiger partial charge is 0.378 e. The van der Waals surface area contributed by atoms with Crippen LogP contribution in [-0.2, 0) is 4.75 Å². The van der Waals surface area contributed by atoms with Crippen LogP contribution in [0, 0.1) is 0 Å². The summed E-state index contributed by atoms with van der Waals surface area (Å²) < 4.78 is -0.433. The van der Waals surface area contributed by atoms with Crippen molar-refractivity contribution in [2.45, 2.75) is 23.2 Å². The Labute approximate surface area is 229 Å². The van der Waals surface area contributed by atoms with Gasteiger partial charge >= 0.3 is 0 Å². The van der Waals surface area contributed by atoms with E-state index < -0.39 is 12.0 Å². The van der Waals surface area contributed by atoms with E-state index in [1.54, 1.807) is 0 Å². The van der Waals surface area contributed by atoms with Crippen LogP contribution in [0.4, 0.5) is 11.4 Å². The van der Waals surface area contributed by atoms with E-state index in [-0.39, 0.29) is 0 Å². The molecule has 0 spiro atoms. The van der Waals surface area contributed by atoms with Gasteiger partial charge in [-0.2, -0.15) is 12.6 Å². The van der Waals surface area contributed by atoms with Gasteiger partial charge in [0.1, 0.15) is 0 Å². The summed E-state index contributed by atoms with van der Waals surface area (Å²) in [5.41, 5.74) is 5.63. The number of benzene rings is 4. The molecule has 0 radical (unpaired) electrons. The maximum absolute atomic E-state index is 5.69. The van der Waals surface area contributed by atoms with Gasteiger partial charge in [0.25, 0.3) is 0 Å². The highest BCUT2D eigenvalue weighted by molar-refractivity contribution is 7.91. The molecule has 4 aromatic rings. The van der Waals surface area contributed by atoms with Gasteiger partial charge < -0.3 is 9.80 Å². The lowest BCUT2D eigenvalue weighted by Crippen LogP contribution is -2.37. The van der Waals surface area contributed by atoms with Gasteiger partial charge in [0.2, 0.25) is 0 Å². The van der Waals surface area contributed by atoms with Crippen LogP contribution in [0.2, 0.25) is 0 Å². The Bertz CT molecular complexity index is 1210. The first-order chi connectivity index (χ1) is 17.8. The summed E-state index contributed by atoms with van der Waals surface area (Å²) in [6.07, 6.45) is 3.57. The summed E-state index contributed by atoms with van der Waals surface area (Å²) >= 11 is 5.69. The molecular formula is C33H38N2PS+. The lowest BCUT2D eigenvalue weighted by atomic mass is 9.91. The van der Waals surface area contributed by atoms with E-state index in [2.05, 4.69) is 147 Å². The monoisotopic (exact) mass is 525 g/mol. The number of thiol groups is 1. The van der Waals surface area contributed by atoms with Crippen molar-refractivity contribution in [2.24, 2.45) is 0 Å². The fourth-order valence-corrected chi connectivity index (χ4v) is 11.8. The van der Waals surface area contributed by atoms with Crippen LogP contribution in [0.5, 0.6) is 0 Å². The number of hydrogen-bond donors (Lipinski definition) is 1. The van der Waals surface area contributed by atoms with Crippen molar-refractivity contribution in [3.63, 3.8) is 0 Å². The number of hydrogen-bond acceptors (Lipinski definition) is 3. The standard InChI is InChI=1S/C33H37N2PS/c1-34(2)28-19-15-26(16-20-28)33(37,27-17-21-29(22-18-27)35(3)4)25-36(32-23-24-32,30-11-7-5-8-12-30)31-13-9-6-10-14-31/h5-22,32H,23-25H2,1-4H3/p+1. The first-order valence-electron chi connectivity index (χ1n) is 13.1. The molecule has 1 fully saturated rings. The van der Waals surface area contributed by atoms with E-state index in [4.69, 9.17) is 12.6 Å². The molecule has 0 amide bonds. The highest BCUT2D eigenvalue weighted by Crippen LogP contribution is 2.71. The molecule has 0 heterocycles. The van der Waals surface area contributed by atoms with E-state index in [0.29, 0.717) is 5.66 Å². The molecule has 1 saturated carbocycles. The predicted molar refractivity (Wildman–Crippen MR) is 168 cm³/mol. The van der Waals surface area contributed by atoms with Crippen LogP contribution in [0.3, 0.4) is 0 Å². The smallest absolute Gasteiger partial charge is 0.0995 e. The zero-order valence-electron chi connectivity index (χ0n) is 22.4. The van der Waals surface area contributed by atoms with Gasteiger partial charge in [0.05, 0.1) is 34.4 Å². The third-order valence-electron chi connectivity index (χ3n) is 7.80. The van der Waals surface area contributed by atoms with Gasteiger partial charge in [-0.25, -0.2) is 0 Å². The predicted octanol–water partition coefficient (Wildman–Crippen LogP) is 6.82. The Morgan fingerprint density at radius 1 is 0.622 bits per heavy atom. The van der Waals surface area contributed by atoms with Gasteiger partial charge in [-0.3, -0.25) is 0 Å². The molecule has 0 saturated heterocycles. The molecule has 1 aliphatic rings. The summed E-state index contributed by atoms with van der Waals surface area (Å²) in [5, 5.41) is 2.99. The second-order valence-electron chi connectivity index (χ2n) is 10.7. The zero-order valence-corrected chi connectivity index (χ0v) is 24.2. The summed E-state index contributed by atoms with van der Waals surface area (Å²) in [6, 6.07) is 40.7. The zero-order chi connectivity index (χ0) is 26.0. The lowest BCUT2D eigenvalue weighted by Gasteiger charge is -2.38. The van der Waals surface area contributed by atoms with Crippen LogP contribution in [-0.4, -0.2) is 40.0 Å². The summed E-state index contributed by atoms with van der Waals surface area (Å²) in [7, 11) is 6.61. The molecule has 0 bridgehead atoms. The summed E-state index contributed by atoms with van der Waals surface area (Å²) in [4.78, 5) is 4.32. The molecule has 4 aromatic carbocycles. The Kier molecular flexibility index (Phi) is 7.39.